The Labute approximate surface area is 131 Å². The number of sulfonamides is 1. The summed E-state index contributed by atoms with van der Waals surface area (Å²) in [5.41, 5.74) is 1.15. The largest absolute Gasteiger partial charge is 0.454 e. The third-order valence-corrected chi connectivity index (χ3v) is 7.47. The zero-order valence-corrected chi connectivity index (χ0v) is 13.3. The van der Waals surface area contributed by atoms with Gasteiger partial charge in [-0.1, -0.05) is 18.9 Å². The van der Waals surface area contributed by atoms with Crippen LogP contribution in [0.5, 0.6) is 11.5 Å². The van der Waals surface area contributed by atoms with Crippen LogP contribution in [0.25, 0.3) is 0 Å². The molecule has 0 N–H and O–H groups in total. The second-order valence-corrected chi connectivity index (χ2v) is 8.62. The maximum atomic E-state index is 12.7. The Morgan fingerprint density at radius 1 is 1.05 bits per heavy atom. The Bertz CT molecular complexity index is 667. The molecule has 0 spiro atoms. The second-order valence-electron chi connectivity index (χ2n) is 6.41. The van der Waals surface area contributed by atoms with Crippen LogP contribution >= 0.6 is 0 Å². The normalized spacial score (nSPS) is 25.9. The minimum absolute atomic E-state index is 0.150. The number of ether oxygens (including phenoxy) is 2. The lowest BCUT2D eigenvalue weighted by molar-refractivity contribution is 0.174. The molecule has 1 saturated heterocycles. The van der Waals surface area contributed by atoms with Crippen LogP contribution in [0.1, 0.15) is 43.6 Å². The van der Waals surface area contributed by atoms with E-state index in [-0.39, 0.29) is 18.0 Å². The van der Waals surface area contributed by atoms with Gasteiger partial charge >= 0.3 is 0 Å². The van der Waals surface area contributed by atoms with Gasteiger partial charge in [0.2, 0.25) is 16.8 Å². The molecule has 4 rings (SSSR count). The Kier molecular flexibility index (Phi) is 3.53. The van der Waals surface area contributed by atoms with Gasteiger partial charge in [0.05, 0.1) is 5.25 Å². The molecule has 1 atom stereocenters. The van der Waals surface area contributed by atoms with Gasteiger partial charge in [-0.05, 0) is 42.9 Å². The Hall–Kier alpha value is -1.27. The van der Waals surface area contributed by atoms with Crippen LogP contribution in [0.4, 0.5) is 0 Å². The molecular weight excluding hydrogens is 302 g/mol. The lowest BCUT2D eigenvalue weighted by Gasteiger charge is -2.21. The zero-order valence-electron chi connectivity index (χ0n) is 12.5. The van der Waals surface area contributed by atoms with Gasteiger partial charge in [-0.25, -0.2) is 12.7 Å². The lowest BCUT2D eigenvalue weighted by Crippen LogP contribution is -2.35. The Morgan fingerprint density at radius 2 is 1.82 bits per heavy atom. The highest BCUT2D eigenvalue weighted by atomic mass is 32.2. The van der Waals surface area contributed by atoms with Crippen molar-refractivity contribution in [3.8, 4) is 11.5 Å². The summed E-state index contributed by atoms with van der Waals surface area (Å²) in [6, 6.07) is 5.95. The van der Waals surface area contributed by atoms with Gasteiger partial charge in [0.25, 0.3) is 0 Å². The number of nitrogens with zero attached hydrogens (tertiary/aromatic N) is 1. The first-order valence-electron chi connectivity index (χ1n) is 8.03. The van der Waals surface area contributed by atoms with E-state index in [9.17, 15) is 8.42 Å². The molecule has 1 aliphatic carbocycles. The fraction of sp³-hybridized carbons (Fsp3) is 0.625. The second kappa shape index (κ2) is 5.42. The topological polar surface area (TPSA) is 55.8 Å². The molecule has 22 heavy (non-hydrogen) atoms. The first kappa shape index (κ1) is 14.3. The van der Waals surface area contributed by atoms with Crippen molar-refractivity contribution in [3.05, 3.63) is 23.8 Å². The number of hydrogen-bond donors (Lipinski definition) is 0. The van der Waals surface area contributed by atoms with Gasteiger partial charge in [-0.3, -0.25) is 0 Å². The Balaban J connectivity index is 1.50. The molecule has 120 valence electrons. The summed E-state index contributed by atoms with van der Waals surface area (Å²) in [6.45, 7) is 1.50. The zero-order chi connectivity index (χ0) is 15.2. The summed E-state index contributed by atoms with van der Waals surface area (Å²) in [5.74, 6) is 1.80. The van der Waals surface area contributed by atoms with E-state index in [2.05, 4.69) is 0 Å². The maximum absolute atomic E-state index is 12.7. The standard InChI is InChI=1S/C16H21NO4S/c18-22(19,14-3-1-2-4-14)17-8-7-13(10-17)12-5-6-15-16(9-12)21-11-20-15/h5-6,9,13-14H,1-4,7-8,10-11H2. The van der Waals surface area contributed by atoms with Gasteiger partial charge < -0.3 is 9.47 Å². The smallest absolute Gasteiger partial charge is 0.231 e. The predicted molar refractivity (Wildman–Crippen MR) is 82.7 cm³/mol. The van der Waals surface area contributed by atoms with E-state index in [1.165, 1.54) is 0 Å². The molecule has 1 aromatic rings. The van der Waals surface area contributed by atoms with Crippen molar-refractivity contribution >= 4 is 10.0 Å². The third kappa shape index (κ3) is 2.38. The number of hydrogen-bond acceptors (Lipinski definition) is 4. The molecular formula is C16H21NO4S. The average molecular weight is 323 g/mol. The van der Waals surface area contributed by atoms with Gasteiger partial charge in [-0.2, -0.15) is 0 Å². The Morgan fingerprint density at radius 3 is 2.64 bits per heavy atom. The molecule has 6 heteroatoms. The number of fused-ring (bicyclic) bond motifs is 1. The number of benzene rings is 1. The van der Waals surface area contributed by atoms with Crippen molar-refractivity contribution in [2.24, 2.45) is 0 Å². The van der Waals surface area contributed by atoms with Crippen molar-refractivity contribution in [1.82, 2.24) is 4.31 Å². The van der Waals surface area contributed by atoms with Crippen molar-refractivity contribution in [3.63, 3.8) is 0 Å². The van der Waals surface area contributed by atoms with E-state index in [0.29, 0.717) is 13.1 Å². The number of rotatable bonds is 3. The van der Waals surface area contributed by atoms with Crippen LogP contribution in [0.15, 0.2) is 18.2 Å². The van der Waals surface area contributed by atoms with Gasteiger partial charge in [0, 0.05) is 13.1 Å². The first-order valence-corrected chi connectivity index (χ1v) is 9.53. The quantitative estimate of drug-likeness (QED) is 0.857. The van der Waals surface area contributed by atoms with E-state index in [0.717, 1.165) is 49.2 Å². The van der Waals surface area contributed by atoms with Crippen LogP contribution in [0.2, 0.25) is 0 Å². The van der Waals surface area contributed by atoms with Gasteiger partial charge in [-0.15, -0.1) is 0 Å². The molecule has 3 aliphatic rings. The maximum Gasteiger partial charge on any atom is 0.231 e. The highest BCUT2D eigenvalue weighted by Crippen LogP contribution is 2.38. The molecule has 0 amide bonds. The molecule has 0 bridgehead atoms. The van der Waals surface area contributed by atoms with Crippen LogP contribution in [-0.2, 0) is 10.0 Å². The third-order valence-electron chi connectivity index (χ3n) is 5.10. The summed E-state index contributed by atoms with van der Waals surface area (Å²) in [5, 5.41) is -0.150. The fourth-order valence-electron chi connectivity index (χ4n) is 3.80. The molecule has 1 aromatic carbocycles. The SMILES string of the molecule is O=S(=O)(C1CCCC1)N1CCC(c2ccc3c(c2)OCO3)C1. The molecule has 2 heterocycles. The van der Waals surface area contributed by atoms with E-state index in [4.69, 9.17) is 9.47 Å². The molecule has 5 nitrogen and oxygen atoms in total. The minimum Gasteiger partial charge on any atom is -0.454 e. The van der Waals surface area contributed by atoms with Crippen LogP contribution < -0.4 is 9.47 Å². The fourth-order valence-corrected chi connectivity index (χ4v) is 5.89. The predicted octanol–water partition coefficient (Wildman–Crippen LogP) is 2.48. The average Bonchev–Trinajstić information content (AvgIpc) is 3.26. The highest BCUT2D eigenvalue weighted by Gasteiger charge is 2.38. The molecule has 0 aromatic heterocycles. The lowest BCUT2D eigenvalue weighted by atomic mass is 9.98. The van der Waals surface area contributed by atoms with Gasteiger partial charge in [0.15, 0.2) is 11.5 Å². The van der Waals surface area contributed by atoms with Crippen molar-refractivity contribution in [1.29, 1.82) is 0 Å². The first-order chi connectivity index (χ1) is 10.6. The van der Waals surface area contributed by atoms with E-state index >= 15 is 0 Å². The van der Waals surface area contributed by atoms with E-state index < -0.39 is 10.0 Å². The molecule has 1 unspecified atom stereocenters. The van der Waals surface area contributed by atoms with Crippen LogP contribution in [0.3, 0.4) is 0 Å². The van der Waals surface area contributed by atoms with E-state index in [1.54, 1.807) is 4.31 Å². The van der Waals surface area contributed by atoms with Gasteiger partial charge in [0.1, 0.15) is 0 Å². The summed E-state index contributed by atoms with van der Waals surface area (Å²) in [4.78, 5) is 0. The monoisotopic (exact) mass is 323 g/mol. The van der Waals surface area contributed by atoms with Crippen molar-refractivity contribution in [2.75, 3.05) is 19.9 Å². The highest BCUT2D eigenvalue weighted by molar-refractivity contribution is 7.89. The molecule has 0 radical (unpaired) electrons. The molecule has 2 aliphatic heterocycles. The summed E-state index contributed by atoms with van der Waals surface area (Å²) in [6.07, 6.45) is 4.62. The molecule has 1 saturated carbocycles. The van der Waals surface area contributed by atoms with E-state index in [1.807, 2.05) is 18.2 Å². The van der Waals surface area contributed by atoms with Crippen LogP contribution in [-0.4, -0.2) is 37.9 Å². The van der Waals surface area contributed by atoms with Crippen molar-refractivity contribution < 1.29 is 17.9 Å². The summed E-state index contributed by atoms with van der Waals surface area (Å²) >= 11 is 0. The summed E-state index contributed by atoms with van der Waals surface area (Å²) < 4.78 is 37.8. The van der Waals surface area contributed by atoms with Crippen LogP contribution in [0, 0.1) is 0 Å². The summed E-state index contributed by atoms with van der Waals surface area (Å²) in [7, 11) is -3.11. The minimum atomic E-state index is -3.11. The molecule has 2 fully saturated rings. The van der Waals surface area contributed by atoms with Crippen molar-refractivity contribution in [2.45, 2.75) is 43.3 Å².